The highest BCUT2D eigenvalue weighted by molar-refractivity contribution is 5.92. The van der Waals surface area contributed by atoms with Gasteiger partial charge in [-0.25, -0.2) is 9.07 Å². The summed E-state index contributed by atoms with van der Waals surface area (Å²) in [5.41, 5.74) is 1.14. The summed E-state index contributed by atoms with van der Waals surface area (Å²) in [4.78, 5) is 28.8. The Balaban J connectivity index is 1.52. The van der Waals surface area contributed by atoms with Crippen molar-refractivity contribution in [3.8, 4) is 5.69 Å². The van der Waals surface area contributed by atoms with Gasteiger partial charge < -0.3 is 15.1 Å². The number of aryl methyl sites for hydroxylation is 1. The number of aromatic nitrogens is 2. The minimum atomic E-state index is -0.408. The fraction of sp³-hybridized carbons (Fsp3) is 0.450. The average molecular weight is 387 g/mol. The lowest BCUT2D eigenvalue weighted by molar-refractivity contribution is -0.132. The molecule has 7 nitrogen and oxygen atoms in total. The van der Waals surface area contributed by atoms with Crippen LogP contribution in [0, 0.1) is 12.7 Å². The molecule has 1 saturated heterocycles. The third-order valence-corrected chi connectivity index (χ3v) is 5.00. The molecule has 1 aromatic carbocycles. The molecule has 0 spiro atoms. The van der Waals surface area contributed by atoms with Crippen LogP contribution in [0.4, 0.5) is 4.39 Å². The monoisotopic (exact) mass is 387 g/mol. The zero-order chi connectivity index (χ0) is 20.1. The standard InChI is InChI=1S/C20H26FN5O2/c1-3-24-10-12-25(13-11-24)19(27)8-9-22-20(28)17-14-15(2)26(23-17)18-7-5-4-6-16(18)21/h4-7,14H,3,8-13H2,1-2H3,(H,22,28). The Morgan fingerprint density at radius 1 is 1.18 bits per heavy atom. The van der Waals surface area contributed by atoms with E-state index in [0.717, 1.165) is 32.7 Å². The minimum absolute atomic E-state index is 0.0455. The van der Waals surface area contributed by atoms with Gasteiger partial charge in [-0.15, -0.1) is 0 Å². The molecule has 3 rings (SSSR count). The maximum absolute atomic E-state index is 14.0. The smallest absolute Gasteiger partial charge is 0.271 e. The van der Waals surface area contributed by atoms with E-state index in [1.807, 2.05) is 4.90 Å². The van der Waals surface area contributed by atoms with E-state index in [2.05, 4.69) is 22.2 Å². The van der Waals surface area contributed by atoms with E-state index in [9.17, 15) is 14.0 Å². The third-order valence-electron chi connectivity index (χ3n) is 5.00. The molecule has 0 aliphatic carbocycles. The number of para-hydroxylation sites is 1. The summed E-state index contributed by atoms with van der Waals surface area (Å²) < 4.78 is 15.4. The highest BCUT2D eigenvalue weighted by Gasteiger charge is 2.20. The molecule has 0 bridgehead atoms. The summed E-state index contributed by atoms with van der Waals surface area (Å²) in [6, 6.07) is 7.87. The summed E-state index contributed by atoms with van der Waals surface area (Å²) in [7, 11) is 0. The van der Waals surface area contributed by atoms with E-state index in [-0.39, 0.29) is 30.5 Å². The number of hydrogen-bond acceptors (Lipinski definition) is 4. The molecule has 2 heterocycles. The SMILES string of the molecule is CCN1CCN(C(=O)CCNC(=O)c2cc(C)n(-c3ccccc3F)n2)CC1. The van der Waals surface area contributed by atoms with Gasteiger partial charge >= 0.3 is 0 Å². The van der Waals surface area contributed by atoms with Gasteiger partial charge in [0.25, 0.3) is 5.91 Å². The number of likely N-dealkylation sites (N-methyl/N-ethyl adjacent to an activating group) is 1. The van der Waals surface area contributed by atoms with Gasteiger partial charge in [-0.2, -0.15) is 5.10 Å². The number of hydrogen-bond donors (Lipinski definition) is 1. The highest BCUT2D eigenvalue weighted by Crippen LogP contribution is 2.15. The van der Waals surface area contributed by atoms with E-state index in [1.54, 1.807) is 31.2 Å². The van der Waals surface area contributed by atoms with E-state index in [4.69, 9.17) is 0 Å². The predicted molar refractivity (Wildman–Crippen MR) is 104 cm³/mol. The second-order valence-electron chi connectivity index (χ2n) is 6.86. The van der Waals surface area contributed by atoms with Crippen molar-refractivity contribution < 1.29 is 14.0 Å². The molecule has 1 aromatic heterocycles. The van der Waals surface area contributed by atoms with Crippen molar-refractivity contribution in [2.75, 3.05) is 39.3 Å². The van der Waals surface area contributed by atoms with Crippen molar-refractivity contribution in [3.63, 3.8) is 0 Å². The molecular formula is C20H26FN5O2. The largest absolute Gasteiger partial charge is 0.350 e. The summed E-state index contributed by atoms with van der Waals surface area (Å²) in [5.74, 6) is -0.736. The first-order valence-electron chi connectivity index (χ1n) is 9.59. The maximum atomic E-state index is 14.0. The molecule has 1 N–H and O–H groups in total. The molecule has 2 amide bonds. The lowest BCUT2D eigenvalue weighted by atomic mass is 10.2. The van der Waals surface area contributed by atoms with Crippen molar-refractivity contribution in [3.05, 3.63) is 47.5 Å². The summed E-state index contributed by atoms with van der Waals surface area (Å²) >= 11 is 0. The van der Waals surface area contributed by atoms with Gasteiger partial charge in [-0.1, -0.05) is 19.1 Å². The maximum Gasteiger partial charge on any atom is 0.271 e. The number of halogens is 1. The highest BCUT2D eigenvalue weighted by atomic mass is 19.1. The van der Waals surface area contributed by atoms with Gasteiger partial charge in [-0.05, 0) is 31.7 Å². The Morgan fingerprint density at radius 2 is 1.89 bits per heavy atom. The first-order valence-corrected chi connectivity index (χ1v) is 9.59. The van der Waals surface area contributed by atoms with Crippen LogP contribution >= 0.6 is 0 Å². The van der Waals surface area contributed by atoms with Crippen LogP contribution in [0.15, 0.2) is 30.3 Å². The summed E-state index contributed by atoms with van der Waals surface area (Å²) in [5, 5.41) is 6.94. The first-order chi connectivity index (χ1) is 13.5. The van der Waals surface area contributed by atoms with Crippen molar-refractivity contribution in [1.29, 1.82) is 0 Å². The van der Waals surface area contributed by atoms with Crippen LogP contribution in [-0.4, -0.2) is 70.7 Å². The molecule has 1 aliphatic rings. The molecule has 0 radical (unpaired) electrons. The Hall–Kier alpha value is -2.74. The molecule has 0 saturated carbocycles. The Bertz CT molecular complexity index is 843. The van der Waals surface area contributed by atoms with Crippen LogP contribution in [0.5, 0.6) is 0 Å². The zero-order valence-corrected chi connectivity index (χ0v) is 16.3. The predicted octanol–water partition coefficient (Wildman–Crippen LogP) is 1.60. The number of nitrogens with one attached hydrogen (secondary N) is 1. The van der Waals surface area contributed by atoms with E-state index < -0.39 is 5.82 Å². The van der Waals surface area contributed by atoms with Gasteiger partial charge in [0, 0.05) is 44.8 Å². The van der Waals surface area contributed by atoms with Crippen LogP contribution in [0.1, 0.15) is 29.5 Å². The van der Waals surface area contributed by atoms with Gasteiger partial charge in [0.1, 0.15) is 11.5 Å². The van der Waals surface area contributed by atoms with Crippen LogP contribution < -0.4 is 5.32 Å². The number of rotatable bonds is 6. The Morgan fingerprint density at radius 3 is 2.57 bits per heavy atom. The van der Waals surface area contributed by atoms with Crippen molar-refractivity contribution in [2.24, 2.45) is 0 Å². The van der Waals surface area contributed by atoms with E-state index in [1.165, 1.54) is 10.7 Å². The second kappa shape index (κ2) is 8.97. The number of piperazine rings is 1. The first kappa shape index (κ1) is 20.0. The van der Waals surface area contributed by atoms with E-state index >= 15 is 0 Å². The number of benzene rings is 1. The van der Waals surface area contributed by atoms with Crippen molar-refractivity contribution in [2.45, 2.75) is 20.3 Å². The number of nitrogens with zero attached hydrogens (tertiary/aromatic N) is 4. The number of carbonyl (C=O) groups excluding carboxylic acids is 2. The number of carbonyl (C=O) groups is 2. The van der Waals surface area contributed by atoms with Gasteiger partial charge in [-0.3, -0.25) is 9.59 Å². The number of amides is 2. The van der Waals surface area contributed by atoms with Crippen LogP contribution in [0.25, 0.3) is 5.69 Å². The lowest BCUT2D eigenvalue weighted by Gasteiger charge is -2.34. The second-order valence-corrected chi connectivity index (χ2v) is 6.86. The Kier molecular flexibility index (Phi) is 6.41. The van der Waals surface area contributed by atoms with Gasteiger partial charge in [0.05, 0.1) is 0 Å². The average Bonchev–Trinajstić information content (AvgIpc) is 3.10. The Labute approximate surface area is 164 Å². The molecule has 1 fully saturated rings. The van der Waals surface area contributed by atoms with E-state index in [0.29, 0.717) is 11.4 Å². The minimum Gasteiger partial charge on any atom is -0.350 e. The zero-order valence-electron chi connectivity index (χ0n) is 16.3. The molecule has 0 unspecified atom stereocenters. The summed E-state index contributed by atoms with van der Waals surface area (Å²) in [6.07, 6.45) is 0.255. The van der Waals surface area contributed by atoms with Crippen LogP contribution in [-0.2, 0) is 4.79 Å². The molecular weight excluding hydrogens is 361 g/mol. The van der Waals surface area contributed by atoms with Gasteiger partial charge in [0.15, 0.2) is 5.69 Å². The quantitative estimate of drug-likeness (QED) is 0.818. The summed E-state index contributed by atoms with van der Waals surface area (Å²) in [6.45, 7) is 8.36. The van der Waals surface area contributed by atoms with Crippen molar-refractivity contribution >= 4 is 11.8 Å². The van der Waals surface area contributed by atoms with Gasteiger partial charge in [0.2, 0.25) is 5.91 Å². The van der Waals surface area contributed by atoms with Crippen LogP contribution in [0.3, 0.4) is 0 Å². The third kappa shape index (κ3) is 4.56. The lowest BCUT2D eigenvalue weighted by Crippen LogP contribution is -2.49. The topological polar surface area (TPSA) is 70.5 Å². The fourth-order valence-electron chi connectivity index (χ4n) is 3.30. The fourth-order valence-corrected chi connectivity index (χ4v) is 3.30. The molecule has 8 heteroatoms. The normalized spacial score (nSPS) is 14.9. The molecule has 2 aromatic rings. The molecule has 150 valence electrons. The molecule has 28 heavy (non-hydrogen) atoms. The molecule has 1 aliphatic heterocycles. The molecule has 0 atom stereocenters. The van der Waals surface area contributed by atoms with Crippen LogP contribution in [0.2, 0.25) is 0 Å². The van der Waals surface area contributed by atoms with Crippen molar-refractivity contribution in [1.82, 2.24) is 24.9 Å².